The van der Waals surface area contributed by atoms with E-state index in [-0.39, 0.29) is 6.10 Å². The van der Waals surface area contributed by atoms with Crippen molar-refractivity contribution in [2.24, 2.45) is 0 Å². The predicted octanol–water partition coefficient (Wildman–Crippen LogP) is 1.88. The zero-order valence-electron chi connectivity index (χ0n) is 10.9. The molecule has 1 heterocycles. The first-order chi connectivity index (χ1) is 8.19. The molecule has 6 nitrogen and oxygen atoms in total. The monoisotopic (exact) mass is 240 g/mol. The maximum Gasteiger partial charge on any atom is 0.324 e. The van der Waals surface area contributed by atoms with Crippen molar-refractivity contribution in [3.8, 4) is 12.0 Å². The maximum atomic E-state index is 5.54. The minimum atomic E-state index is 0.0705. The van der Waals surface area contributed by atoms with Crippen LogP contribution in [0.1, 0.15) is 33.6 Å². The lowest BCUT2D eigenvalue weighted by atomic mass is 10.3. The molecule has 0 aromatic carbocycles. The van der Waals surface area contributed by atoms with Crippen molar-refractivity contribution in [3.05, 3.63) is 0 Å². The van der Waals surface area contributed by atoms with Crippen molar-refractivity contribution >= 4 is 5.95 Å². The number of ether oxygens (including phenoxy) is 2. The first kappa shape index (κ1) is 13.5. The Bertz CT molecular complexity index is 346. The number of hydrogen-bond donors (Lipinski definition) is 1. The first-order valence-corrected chi connectivity index (χ1v) is 5.92. The van der Waals surface area contributed by atoms with E-state index in [9.17, 15) is 0 Å². The summed E-state index contributed by atoms with van der Waals surface area (Å²) in [4.78, 5) is 12.3. The molecule has 1 rings (SSSR count). The second-order valence-electron chi connectivity index (χ2n) is 3.66. The molecule has 17 heavy (non-hydrogen) atoms. The molecule has 1 aromatic heterocycles. The number of nitrogens with one attached hydrogen (secondary N) is 1. The quantitative estimate of drug-likeness (QED) is 0.784. The number of rotatable bonds is 7. The summed E-state index contributed by atoms with van der Waals surface area (Å²) in [5, 5.41) is 2.85. The third kappa shape index (κ3) is 4.42. The zero-order chi connectivity index (χ0) is 12.7. The van der Waals surface area contributed by atoms with Crippen molar-refractivity contribution in [1.29, 1.82) is 0 Å². The highest BCUT2D eigenvalue weighted by molar-refractivity contribution is 5.26. The van der Waals surface area contributed by atoms with Crippen LogP contribution in [0.5, 0.6) is 12.0 Å². The molecule has 0 aliphatic rings. The predicted molar refractivity (Wildman–Crippen MR) is 65.5 cm³/mol. The van der Waals surface area contributed by atoms with Gasteiger partial charge in [-0.15, -0.1) is 4.98 Å². The summed E-state index contributed by atoms with van der Waals surface area (Å²) in [6.07, 6.45) is 1.87. The van der Waals surface area contributed by atoms with Crippen LogP contribution in [0.25, 0.3) is 0 Å². The summed E-state index contributed by atoms with van der Waals surface area (Å²) in [7, 11) is 1.74. The molecule has 0 saturated carbocycles. The molecule has 0 fully saturated rings. The highest BCUT2D eigenvalue weighted by Crippen LogP contribution is 2.14. The van der Waals surface area contributed by atoms with E-state index in [1.807, 2.05) is 20.8 Å². The molecule has 96 valence electrons. The van der Waals surface area contributed by atoms with Gasteiger partial charge in [-0.05, 0) is 19.8 Å². The van der Waals surface area contributed by atoms with Gasteiger partial charge in [0.15, 0.2) is 0 Å². The van der Waals surface area contributed by atoms with E-state index in [1.54, 1.807) is 7.05 Å². The van der Waals surface area contributed by atoms with Gasteiger partial charge in [-0.1, -0.05) is 13.8 Å². The zero-order valence-corrected chi connectivity index (χ0v) is 10.9. The number of hydrogen-bond acceptors (Lipinski definition) is 6. The Balaban J connectivity index is 2.80. The fourth-order valence-electron chi connectivity index (χ4n) is 1.02. The van der Waals surface area contributed by atoms with Crippen molar-refractivity contribution in [2.45, 2.75) is 39.7 Å². The Hall–Kier alpha value is -1.59. The van der Waals surface area contributed by atoms with Gasteiger partial charge in [0.05, 0.1) is 12.7 Å². The lowest BCUT2D eigenvalue weighted by Crippen LogP contribution is -2.14. The molecule has 0 amide bonds. The maximum absolute atomic E-state index is 5.54. The SMILES string of the molecule is CCCOc1nc(NC)nc(OC(C)CC)n1. The van der Waals surface area contributed by atoms with Crippen LogP contribution in [0.3, 0.4) is 0 Å². The molecular formula is C11H20N4O2. The van der Waals surface area contributed by atoms with Gasteiger partial charge in [-0.25, -0.2) is 0 Å². The fourth-order valence-corrected chi connectivity index (χ4v) is 1.02. The largest absolute Gasteiger partial charge is 0.463 e. The summed E-state index contributed by atoms with van der Waals surface area (Å²) < 4.78 is 10.9. The van der Waals surface area contributed by atoms with Gasteiger partial charge in [0.1, 0.15) is 0 Å². The van der Waals surface area contributed by atoms with Crippen LogP contribution in [0.15, 0.2) is 0 Å². The lowest BCUT2D eigenvalue weighted by Gasteiger charge is -2.12. The van der Waals surface area contributed by atoms with E-state index in [1.165, 1.54) is 0 Å². The molecule has 0 spiro atoms. The van der Waals surface area contributed by atoms with Crippen LogP contribution in [0, 0.1) is 0 Å². The first-order valence-electron chi connectivity index (χ1n) is 5.92. The fraction of sp³-hybridized carbons (Fsp3) is 0.727. The molecule has 0 bridgehead atoms. The molecule has 1 N–H and O–H groups in total. The Morgan fingerprint density at radius 2 is 1.88 bits per heavy atom. The summed E-state index contributed by atoms with van der Waals surface area (Å²) in [5.74, 6) is 0.449. The van der Waals surface area contributed by atoms with E-state index < -0.39 is 0 Å². The number of nitrogens with zero attached hydrogens (tertiary/aromatic N) is 3. The molecule has 0 radical (unpaired) electrons. The van der Waals surface area contributed by atoms with Crippen LogP contribution in [0.4, 0.5) is 5.95 Å². The highest BCUT2D eigenvalue weighted by atomic mass is 16.5. The molecule has 0 saturated heterocycles. The van der Waals surface area contributed by atoms with Gasteiger partial charge >= 0.3 is 12.0 Å². The standard InChI is InChI=1S/C11H20N4O2/c1-5-7-16-10-13-9(12-4)14-11(15-10)17-8(3)6-2/h8H,5-7H2,1-4H3,(H,12,13,14,15). The van der Waals surface area contributed by atoms with Crippen LogP contribution in [-0.4, -0.2) is 34.7 Å². The van der Waals surface area contributed by atoms with Gasteiger partial charge < -0.3 is 14.8 Å². The number of aromatic nitrogens is 3. The normalized spacial score (nSPS) is 12.0. The van der Waals surface area contributed by atoms with Gasteiger partial charge in [-0.3, -0.25) is 0 Å². The molecule has 6 heteroatoms. The summed E-state index contributed by atoms with van der Waals surface area (Å²) in [6, 6.07) is 0.592. The van der Waals surface area contributed by atoms with Crippen molar-refractivity contribution in [1.82, 2.24) is 15.0 Å². The Morgan fingerprint density at radius 1 is 1.18 bits per heavy atom. The summed E-state index contributed by atoms with van der Waals surface area (Å²) in [6.45, 7) is 6.61. The minimum Gasteiger partial charge on any atom is -0.463 e. The van der Waals surface area contributed by atoms with Crippen LogP contribution >= 0.6 is 0 Å². The van der Waals surface area contributed by atoms with E-state index in [0.717, 1.165) is 12.8 Å². The van der Waals surface area contributed by atoms with E-state index in [0.29, 0.717) is 24.6 Å². The molecule has 1 aromatic rings. The van der Waals surface area contributed by atoms with Crippen molar-refractivity contribution in [2.75, 3.05) is 19.0 Å². The lowest BCUT2D eigenvalue weighted by molar-refractivity contribution is 0.193. The minimum absolute atomic E-state index is 0.0705. The van der Waals surface area contributed by atoms with E-state index >= 15 is 0 Å². The topological polar surface area (TPSA) is 69.2 Å². The average molecular weight is 240 g/mol. The average Bonchev–Trinajstić information content (AvgIpc) is 2.35. The van der Waals surface area contributed by atoms with Crippen LogP contribution < -0.4 is 14.8 Å². The summed E-state index contributed by atoms with van der Waals surface area (Å²) >= 11 is 0. The van der Waals surface area contributed by atoms with Gasteiger partial charge in [0.25, 0.3) is 0 Å². The Labute approximate surface area is 102 Å². The third-order valence-electron chi connectivity index (χ3n) is 2.13. The highest BCUT2D eigenvalue weighted by Gasteiger charge is 2.10. The van der Waals surface area contributed by atoms with Gasteiger partial charge in [0.2, 0.25) is 5.95 Å². The third-order valence-corrected chi connectivity index (χ3v) is 2.13. The second-order valence-corrected chi connectivity index (χ2v) is 3.66. The van der Waals surface area contributed by atoms with E-state index in [4.69, 9.17) is 9.47 Å². The van der Waals surface area contributed by atoms with Gasteiger partial charge in [0, 0.05) is 7.05 Å². The van der Waals surface area contributed by atoms with Crippen LogP contribution in [-0.2, 0) is 0 Å². The molecular weight excluding hydrogens is 220 g/mol. The second kappa shape index (κ2) is 6.88. The van der Waals surface area contributed by atoms with Crippen LogP contribution in [0.2, 0.25) is 0 Å². The molecule has 1 atom stereocenters. The smallest absolute Gasteiger partial charge is 0.324 e. The molecule has 0 aliphatic heterocycles. The van der Waals surface area contributed by atoms with Crippen molar-refractivity contribution in [3.63, 3.8) is 0 Å². The Kier molecular flexibility index (Phi) is 5.45. The Morgan fingerprint density at radius 3 is 2.47 bits per heavy atom. The molecule has 1 unspecified atom stereocenters. The molecule has 0 aliphatic carbocycles. The van der Waals surface area contributed by atoms with Crippen molar-refractivity contribution < 1.29 is 9.47 Å². The van der Waals surface area contributed by atoms with Gasteiger partial charge in [-0.2, -0.15) is 9.97 Å². The summed E-state index contributed by atoms with van der Waals surface area (Å²) in [5.41, 5.74) is 0. The number of anilines is 1. The van der Waals surface area contributed by atoms with E-state index in [2.05, 4.69) is 20.3 Å².